The normalized spacial score (nSPS) is 13.6. The molecule has 1 aromatic carbocycles. The molecule has 0 bridgehead atoms. The van der Waals surface area contributed by atoms with Gasteiger partial charge >= 0.3 is 6.18 Å². The third-order valence-electron chi connectivity index (χ3n) is 5.72. The Kier molecular flexibility index (Phi) is 6.21. The van der Waals surface area contributed by atoms with Gasteiger partial charge in [0.05, 0.1) is 30.5 Å². The lowest BCUT2D eigenvalue weighted by atomic mass is 10.0. The van der Waals surface area contributed by atoms with Crippen LogP contribution in [0.1, 0.15) is 41.5 Å². The Morgan fingerprint density at radius 2 is 1.78 bits per heavy atom. The van der Waals surface area contributed by atoms with E-state index >= 15 is 0 Å². The fraction of sp³-hybridized carbons (Fsp3) is 0.240. The summed E-state index contributed by atoms with van der Waals surface area (Å²) in [5, 5.41) is 6.78. The molecule has 1 aliphatic rings. The number of hydrogen-bond donors (Lipinski definition) is 1. The number of carbonyl (C=O) groups excluding carboxylic acids is 1. The van der Waals surface area contributed by atoms with Gasteiger partial charge in [0.15, 0.2) is 0 Å². The number of pyridine rings is 1. The molecular formula is C25H20F4N6O. The van der Waals surface area contributed by atoms with Crippen molar-refractivity contribution in [3.8, 4) is 11.1 Å². The fourth-order valence-electron chi connectivity index (χ4n) is 3.67. The highest BCUT2D eigenvalue weighted by Crippen LogP contribution is 2.34. The van der Waals surface area contributed by atoms with E-state index in [2.05, 4.69) is 25.4 Å². The third-order valence-corrected chi connectivity index (χ3v) is 5.72. The molecule has 1 saturated carbocycles. The molecule has 0 unspecified atom stereocenters. The van der Waals surface area contributed by atoms with Crippen LogP contribution < -0.4 is 5.32 Å². The molecule has 11 heteroatoms. The molecule has 1 aliphatic carbocycles. The first kappa shape index (κ1) is 23.6. The summed E-state index contributed by atoms with van der Waals surface area (Å²) >= 11 is 0. The van der Waals surface area contributed by atoms with Gasteiger partial charge in [-0.2, -0.15) is 18.3 Å². The number of carbonyl (C=O) groups is 1. The lowest BCUT2D eigenvalue weighted by Gasteiger charge is -2.09. The van der Waals surface area contributed by atoms with Gasteiger partial charge in [0.1, 0.15) is 17.3 Å². The molecule has 1 N–H and O–H groups in total. The minimum Gasteiger partial charge on any atom is -0.324 e. The van der Waals surface area contributed by atoms with E-state index in [0.29, 0.717) is 29.4 Å². The standard InChI is InChI=1S/C25H20F4N6O/c26-21-8-16(18-11-31-23(32-12-18)7-15-10-33-35(14-15)20-4-5-20)1-2-17(21)9-24(36)34-19-3-6-22(30-13-19)25(27,28)29/h1-3,6,8,10-14,20H,4-5,7,9H2,(H,34,36). The molecule has 7 nitrogen and oxygen atoms in total. The summed E-state index contributed by atoms with van der Waals surface area (Å²) < 4.78 is 54.5. The SMILES string of the molecule is O=C(Cc1ccc(-c2cnc(Cc3cnn(C4CC4)c3)nc2)cc1F)Nc1ccc(C(F)(F)F)nc1. The quantitative estimate of drug-likeness (QED) is 0.364. The molecule has 36 heavy (non-hydrogen) atoms. The molecule has 0 spiro atoms. The van der Waals surface area contributed by atoms with Crippen molar-refractivity contribution in [2.24, 2.45) is 0 Å². The van der Waals surface area contributed by atoms with Crippen molar-refractivity contribution >= 4 is 11.6 Å². The maximum atomic E-state index is 14.7. The van der Waals surface area contributed by atoms with Crippen molar-refractivity contribution in [2.75, 3.05) is 5.32 Å². The second-order valence-electron chi connectivity index (χ2n) is 8.59. The number of hydrogen-bond acceptors (Lipinski definition) is 5. The summed E-state index contributed by atoms with van der Waals surface area (Å²) in [7, 11) is 0. The Balaban J connectivity index is 1.20. The summed E-state index contributed by atoms with van der Waals surface area (Å²) in [4.78, 5) is 24.3. The van der Waals surface area contributed by atoms with Crippen LogP contribution in [0.25, 0.3) is 11.1 Å². The van der Waals surface area contributed by atoms with E-state index in [-0.39, 0.29) is 17.7 Å². The van der Waals surface area contributed by atoms with E-state index in [9.17, 15) is 22.4 Å². The maximum Gasteiger partial charge on any atom is 0.433 e. The predicted molar refractivity (Wildman–Crippen MR) is 122 cm³/mol. The first-order valence-corrected chi connectivity index (χ1v) is 11.2. The molecule has 1 amide bonds. The molecule has 0 saturated heterocycles. The van der Waals surface area contributed by atoms with Gasteiger partial charge in [0, 0.05) is 30.6 Å². The Morgan fingerprint density at radius 1 is 1.00 bits per heavy atom. The lowest BCUT2D eigenvalue weighted by molar-refractivity contribution is -0.141. The summed E-state index contributed by atoms with van der Waals surface area (Å²) in [6.45, 7) is 0. The van der Waals surface area contributed by atoms with Crippen LogP contribution in [-0.4, -0.2) is 30.6 Å². The van der Waals surface area contributed by atoms with Crippen LogP contribution in [0.3, 0.4) is 0 Å². The van der Waals surface area contributed by atoms with Crippen molar-refractivity contribution in [3.63, 3.8) is 0 Å². The van der Waals surface area contributed by atoms with Gasteiger partial charge in [0.25, 0.3) is 0 Å². The minimum atomic E-state index is -4.57. The smallest absolute Gasteiger partial charge is 0.324 e. The first-order chi connectivity index (χ1) is 17.2. The largest absolute Gasteiger partial charge is 0.433 e. The number of alkyl halides is 3. The van der Waals surface area contributed by atoms with E-state index in [4.69, 9.17) is 0 Å². The van der Waals surface area contributed by atoms with Crippen LogP contribution in [0, 0.1) is 5.82 Å². The molecule has 3 heterocycles. The van der Waals surface area contributed by atoms with E-state index in [1.165, 1.54) is 12.1 Å². The highest BCUT2D eigenvalue weighted by atomic mass is 19.4. The van der Waals surface area contributed by atoms with Crippen molar-refractivity contribution in [1.29, 1.82) is 0 Å². The molecule has 5 rings (SSSR count). The average molecular weight is 496 g/mol. The molecule has 0 aliphatic heterocycles. The number of halogens is 4. The number of nitrogens with zero attached hydrogens (tertiary/aromatic N) is 5. The van der Waals surface area contributed by atoms with E-state index in [0.717, 1.165) is 36.7 Å². The Morgan fingerprint density at radius 3 is 2.42 bits per heavy atom. The van der Waals surface area contributed by atoms with Crippen LogP contribution in [0.2, 0.25) is 0 Å². The van der Waals surface area contributed by atoms with E-state index < -0.39 is 23.6 Å². The van der Waals surface area contributed by atoms with Gasteiger partial charge in [-0.15, -0.1) is 0 Å². The van der Waals surface area contributed by atoms with Gasteiger partial charge in [-0.05, 0) is 47.7 Å². The van der Waals surface area contributed by atoms with Crippen molar-refractivity contribution in [2.45, 2.75) is 37.9 Å². The van der Waals surface area contributed by atoms with Crippen molar-refractivity contribution < 1.29 is 22.4 Å². The summed E-state index contributed by atoms with van der Waals surface area (Å²) in [6.07, 6.45) is 5.95. The van der Waals surface area contributed by atoms with Crippen molar-refractivity contribution in [3.05, 3.63) is 89.8 Å². The Bertz CT molecular complexity index is 1380. The zero-order chi connectivity index (χ0) is 25.3. The van der Waals surface area contributed by atoms with Gasteiger partial charge in [-0.1, -0.05) is 12.1 Å². The minimum absolute atomic E-state index is 0.0853. The fourth-order valence-corrected chi connectivity index (χ4v) is 3.67. The van der Waals surface area contributed by atoms with Crippen LogP contribution >= 0.6 is 0 Å². The summed E-state index contributed by atoms with van der Waals surface area (Å²) in [5.74, 6) is -0.550. The van der Waals surface area contributed by atoms with E-state index in [1.54, 1.807) is 18.5 Å². The summed E-state index contributed by atoms with van der Waals surface area (Å²) in [6, 6.07) is 6.79. The molecule has 3 aromatic heterocycles. The van der Waals surface area contributed by atoms with Crippen LogP contribution in [0.5, 0.6) is 0 Å². The van der Waals surface area contributed by atoms with Crippen LogP contribution in [0.4, 0.5) is 23.2 Å². The zero-order valence-electron chi connectivity index (χ0n) is 18.8. The molecule has 1 fully saturated rings. The number of rotatable bonds is 7. The molecular weight excluding hydrogens is 476 g/mol. The highest BCUT2D eigenvalue weighted by molar-refractivity contribution is 5.92. The van der Waals surface area contributed by atoms with E-state index in [1.807, 2.05) is 17.1 Å². The number of amides is 1. The number of anilines is 1. The zero-order valence-corrected chi connectivity index (χ0v) is 18.8. The van der Waals surface area contributed by atoms with Gasteiger partial charge < -0.3 is 5.32 Å². The topological polar surface area (TPSA) is 85.6 Å². The first-order valence-electron chi connectivity index (χ1n) is 11.2. The van der Waals surface area contributed by atoms with Gasteiger partial charge in [-0.3, -0.25) is 9.48 Å². The van der Waals surface area contributed by atoms with Crippen molar-refractivity contribution in [1.82, 2.24) is 24.7 Å². The Labute approximate surface area is 203 Å². The second-order valence-corrected chi connectivity index (χ2v) is 8.59. The third kappa shape index (κ3) is 5.56. The second kappa shape index (κ2) is 9.48. The number of nitrogens with one attached hydrogen (secondary N) is 1. The molecule has 0 radical (unpaired) electrons. The monoisotopic (exact) mass is 496 g/mol. The molecule has 4 aromatic rings. The number of aromatic nitrogens is 5. The average Bonchev–Trinajstić information content (AvgIpc) is 3.59. The van der Waals surface area contributed by atoms with Crippen LogP contribution in [-0.2, 0) is 23.8 Å². The Hall–Kier alpha value is -4.15. The maximum absolute atomic E-state index is 14.7. The van der Waals surface area contributed by atoms with Gasteiger partial charge in [0.2, 0.25) is 5.91 Å². The lowest BCUT2D eigenvalue weighted by Crippen LogP contribution is -2.16. The number of benzene rings is 1. The summed E-state index contributed by atoms with van der Waals surface area (Å²) in [5.41, 5.74) is 1.36. The molecule has 184 valence electrons. The predicted octanol–water partition coefficient (Wildman–Crippen LogP) is 5.00. The van der Waals surface area contributed by atoms with Gasteiger partial charge in [-0.25, -0.2) is 19.3 Å². The van der Waals surface area contributed by atoms with Crippen LogP contribution in [0.15, 0.2) is 61.3 Å². The molecule has 0 atom stereocenters. The highest BCUT2D eigenvalue weighted by Gasteiger charge is 2.32.